The molecule has 2 rings (SSSR count). The molecule has 0 radical (unpaired) electrons. The Hall–Kier alpha value is -1.20. The molecule has 0 saturated carbocycles. The number of Topliss-reactive ketones (excluding diaryl/α,β-unsaturated/α-hetero) is 1. The molecular formula is C13H19N3OS. The first-order chi connectivity index (χ1) is 8.72. The maximum atomic E-state index is 11.9. The van der Waals surface area contributed by atoms with Crippen molar-refractivity contribution in [2.75, 3.05) is 19.6 Å². The summed E-state index contributed by atoms with van der Waals surface area (Å²) < 4.78 is 1.97. The molecule has 18 heavy (non-hydrogen) atoms. The number of thiazole rings is 1. The van der Waals surface area contributed by atoms with Crippen LogP contribution in [-0.4, -0.2) is 39.7 Å². The number of fused-ring (bicyclic) bond motifs is 1. The number of ketones is 1. The largest absolute Gasteiger partial charge is 0.303 e. The first kappa shape index (κ1) is 13.2. The average Bonchev–Trinajstić information content (AvgIpc) is 2.91. The molecule has 5 heteroatoms. The lowest BCUT2D eigenvalue weighted by molar-refractivity contribution is -0.118. The number of nitrogens with zero attached hydrogens (tertiary/aromatic N) is 3. The molecule has 0 atom stereocenters. The third-order valence-electron chi connectivity index (χ3n) is 3.12. The van der Waals surface area contributed by atoms with Crippen LogP contribution in [0.25, 0.3) is 4.96 Å². The highest BCUT2D eigenvalue weighted by Crippen LogP contribution is 2.12. The van der Waals surface area contributed by atoms with E-state index in [0.717, 1.165) is 30.3 Å². The summed E-state index contributed by atoms with van der Waals surface area (Å²) in [4.78, 5) is 19.5. The van der Waals surface area contributed by atoms with Gasteiger partial charge in [-0.15, -0.1) is 11.3 Å². The molecule has 0 aliphatic rings. The van der Waals surface area contributed by atoms with Crippen LogP contribution < -0.4 is 0 Å². The molecule has 0 aliphatic heterocycles. The lowest BCUT2D eigenvalue weighted by Crippen LogP contribution is -2.26. The van der Waals surface area contributed by atoms with Crippen LogP contribution in [0.5, 0.6) is 0 Å². The summed E-state index contributed by atoms with van der Waals surface area (Å²) >= 11 is 1.59. The van der Waals surface area contributed by atoms with Crippen LogP contribution in [0, 0.1) is 0 Å². The summed E-state index contributed by atoms with van der Waals surface area (Å²) in [6, 6.07) is 0. The molecule has 0 spiro atoms. The van der Waals surface area contributed by atoms with Gasteiger partial charge in [-0.05, 0) is 13.1 Å². The standard InChI is InChI=1S/C13H19N3OS/c1-3-15(4-2)6-5-12(17)9-11-10-16-7-8-18-13(16)14-11/h7-8,10H,3-6,9H2,1-2H3. The normalized spacial score (nSPS) is 11.5. The summed E-state index contributed by atoms with van der Waals surface area (Å²) in [5.41, 5.74) is 0.881. The van der Waals surface area contributed by atoms with E-state index in [4.69, 9.17) is 0 Å². The molecule has 0 amide bonds. The quantitative estimate of drug-likeness (QED) is 0.770. The highest BCUT2D eigenvalue weighted by atomic mass is 32.1. The summed E-state index contributed by atoms with van der Waals surface area (Å²) in [6.45, 7) is 7.11. The van der Waals surface area contributed by atoms with Gasteiger partial charge in [0.1, 0.15) is 5.78 Å². The summed E-state index contributed by atoms with van der Waals surface area (Å²) in [6.07, 6.45) is 4.99. The van der Waals surface area contributed by atoms with Gasteiger partial charge in [-0.3, -0.25) is 9.20 Å². The molecule has 2 aromatic heterocycles. The molecular weight excluding hydrogens is 246 g/mol. The zero-order valence-electron chi connectivity index (χ0n) is 10.9. The highest BCUT2D eigenvalue weighted by Gasteiger charge is 2.09. The summed E-state index contributed by atoms with van der Waals surface area (Å²) in [5.74, 6) is 0.271. The predicted octanol–water partition coefficient (Wildman–Crippen LogP) is 2.24. The maximum Gasteiger partial charge on any atom is 0.193 e. The van der Waals surface area contributed by atoms with E-state index in [1.807, 2.05) is 22.2 Å². The minimum atomic E-state index is 0.271. The van der Waals surface area contributed by atoms with E-state index in [9.17, 15) is 4.79 Å². The molecule has 0 bridgehead atoms. The van der Waals surface area contributed by atoms with Gasteiger partial charge in [0.2, 0.25) is 0 Å². The van der Waals surface area contributed by atoms with Crippen LogP contribution in [0.2, 0.25) is 0 Å². The van der Waals surface area contributed by atoms with Crippen molar-refractivity contribution in [1.82, 2.24) is 14.3 Å². The zero-order valence-corrected chi connectivity index (χ0v) is 11.7. The Morgan fingerprint density at radius 2 is 2.22 bits per heavy atom. The van der Waals surface area contributed by atoms with Gasteiger partial charge in [0.15, 0.2) is 4.96 Å². The van der Waals surface area contributed by atoms with Crippen LogP contribution in [-0.2, 0) is 11.2 Å². The van der Waals surface area contributed by atoms with E-state index in [1.165, 1.54) is 0 Å². The lowest BCUT2D eigenvalue weighted by atomic mass is 10.1. The molecule has 2 heterocycles. The Labute approximate surface area is 111 Å². The fourth-order valence-corrected chi connectivity index (χ4v) is 2.69. The Balaban J connectivity index is 1.85. The highest BCUT2D eigenvalue weighted by molar-refractivity contribution is 7.15. The molecule has 0 fully saturated rings. The molecule has 0 unspecified atom stereocenters. The lowest BCUT2D eigenvalue weighted by Gasteiger charge is -2.16. The third-order valence-corrected chi connectivity index (χ3v) is 3.89. The van der Waals surface area contributed by atoms with Crippen molar-refractivity contribution in [3.05, 3.63) is 23.5 Å². The molecule has 0 saturated heterocycles. The monoisotopic (exact) mass is 265 g/mol. The third kappa shape index (κ3) is 3.17. The fraction of sp³-hybridized carbons (Fsp3) is 0.538. The van der Waals surface area contributed by atoms with Crippen molar-refractivity contribution < 1.29 is 4.79 Å². The predicted molar refractivity (Wildman–Crippen MR) is 74.2 cm³/mol. The average molecular weight is 265 g/mol. The number of hydrogen-bond donors (Lipinski definition) is 0. The second-order valence-electron chi connectivity index (χ2n) is 4.32. The van der Waals surface area contributed by atoms with Gasteiger partial charge < -0.3 is 4.90 Å². The number of imidazole rings is 1. The zero-order chi connectivity index (χ0) is 13.0. The van der Waals surface area contributed by atoms with Gasteiger partial charge in [0.25, 0.3) is 0 Å². The summed E-state index contributed by atoms with van der Waals surface area (Å²) in [7, 11) is 0. The van der Waals surface area contributed by atoms with Crippen LogP contribution in [0.4, 0.5) is 0 Å². The number of rotatable bonds is 7. The number of carbonyl (C=O) groups excluding carboxylic acids is 1. The van der Waals surface area contributed by atoms with Crippen molar-refractivity contribution in [2.45, 2.75) is 26.7 Å². The second kappa shape index (κ2) is 6.11. The smallest absolute Gasteiger partial charge is 0.193 e. The van der Waals surface area contributed by atoms with Crippen LogP contribution >= 0.6 is 11.3 Å². The van der Waals surface area contributed by atoms with Gasteiger partial charge in [0.05, 0.1) is 12.1 Å². The van der Waals surface area contributed by atoms with Gasteiger partial charge >= 0.3 is 0 Å². The first-order valence-corrected chi connectivity index (χ1v) is 7.26. The van der Waals surface area contributed by atoms with Gasteiger partial charge in [-0.25, -0.2) is 4.98 Å². The molecule has 98 valence electrons. The Morgan fingerprint density at radius 1 is 1.44 bits per heavy atom. The van der Waals surface area contributed by atoms with E-state index < -0.39 is 0 Å². The molecule has 0 aromatic carbocycles. The second-order valence-corrected chi connectivity index (χ2v) is 5.19. The van der Waals surface area contributed by atoms with Gasteiger partial charge in [-0.1, -0.05) is 13.8 Å². The van der Waals surface area contributed by atoms with Gasteiger partial charge in [-0.2, -0.15) is 0 Å². The molecule has 0 aliphatic carbocycles. The van der Waals surface area contributed by atoms with E-state index >= 15 is 0 Å². The molecule has 4 nitrogen and oxygen atoms in total. The van der Waals surface area contributed by atoms with E-state index in [1.54, 1.807) is 11.3 Å². The first-order valence-electron chi connectivity index (χ1n) is 6.38. The van der Waals surface area contributed by atoms with Crippen LogP contribution in [0.1, 0.15) is 26.0 Å². The SMILES string of the molecule is CCN(CC)CCC(=O)Cc1cn2ccsc2n1. The van der Waals surface area contributed by atoms with Crippen LogP contribution in [0.3, 0.4) is 0 Å². The Bertz CT molecular complexity index is 485. The van der Waals surface area contributed by atoms with E-state index in [-0.39, 0.29) is 5.78 Å². The number of carbonyl (C=O) groups is 1. The molecule has 2 aromatic rings. The van der Waals surface area contributed by atoms with Crippen molar-refractivity contribution in [2.24, 2.45) is 0 Å². The van der Waals surface area contributed by atoms with Crippen molar-refractivity contribution >= 4 is 22.1 Å². The minimum absolute atomic E-state index is 0.271. The van der Waals surface area contributed by atoms with Gasteiger partial charge in [0, 0.05) is 30.7 Å². The fourth-order valence-electron chi connectivity index (χ4n) is 1.97. The number of aromatic nitrogens is 2. The Kier molecular flexibility index (Phi) is 4.49. The number of hydrogen-bond acceptors (Lipinski definition) is 4. The molecule has 0 N–H and O–H groups in total. The van der Waals surface area contributed by atoms with Crippen molar-refractivity contribution in [3.8, 4) is 0 Å². The Morgan fingerprint density at radius 3 is 2.89 bits per heavy atom. The topological polar surface area (TPSA) is 37.6 Å². The maximum absolute atomic E-state index is 11.9. The minimum Gasteiger partial charge on any atom is -0.303 e. The van der Waals surface area contributed by atoms with E-state index in [0.29, 0.717) is 12.8 Å². The van der Waals surface area contributed by atoms with E-state index in [2.05, 4.69) is 23.7 Å². The summed E-state index contributed by atoms with van der Waals surface area (Å²) in [5, 5.41) is 1.99. The van der Waals surface area contributed by atoms with Crippen molar-refractivity contribution in [1.29, 1.82) is 0 Å². The van der Waals surface area contributed by atoms with Crippen LogP contribution in [0.15, 0.2) is 17.8 Å². The van der Waals surface area contributed by atoms with Crippen molar-refractivity contribution in [3.63, 3.8) is 0 Å².